The summed E-state index contributed by atoms with van der Waals surface area (Å²) in [7, 11) is 1.51. The van der Waals surface area contributed by atoms with Gasteiger partial charge >= 0.3 is 0 Å². The van der Waals surface area contributed by atoms with Crippen LogP contribution in [0, 0.1) is 12.7 Å². The van der Waals surface area contributed by atoms with Gasteiger partial charge in [-0.1, -0.05) is 34.1 Å². The smallest absolute Gasteiger partial charge is 0.132 e. The van der Waals surface area contributed by atoms with E-state index in [0.717, 1.165) is 15.6 Å². The minimum absolute atomic E-state index is 0.358. The normalized spacial score (nSPS) is 12.3. The Hall–Kier alpha value is -1.39. The van der Waals surface area contributed by atoms with Crippen molar-refractivity contribution >= 4 is 15.9 Å². The van der Waals surface area contributed by atoms with Gasteiger partial charge in [-0.25, -0.2) is 4.39 Å². The van der Waals surface area contributed by atoms with Gasteiger partial charge in [-0.15, -0.1) is 0 Å². The molecule has 0 aliphatic carbocycles. The Labute approximate surface area is 120 Å². The molecule has 2 rings (SSSR count). The van der Waals surface area contributed by atoms with Crippen LogP contribution in [0.15, 0.2) is 40.9 Å². The van der Waals surface area contributed by atoms with E-state index < -0.39 is 6.04 Å². The van der Waals surface area contributed by atoms with Crippen molar-refractivity contribution in [3.8, 4) is 5.75 Å². The van der Waals surface area contributed by atoms with Crippen molar-refractivity contribution < 1.29 is 9.13 Å². The second-order valence-electron chi connectivity index (χ2n) is 4.37. The third-order valence-electron chi connectivity index (χ3n) is 3.10. The zero-order valence-corrected chi connectivity index (χ0v) is 12.4. The summed E-state index contributed by atoms with van der Waals surface area (Å²) in [5.74, 6) is 0.127. The Kier molecular flexibility index (Phi) is 4.22. The van der Waals surface area contributed by atoms with Gasteiger partial charge in [0.1, 0.15) is 11.6 Å². The lowest BCUT2D eigenvalue weighted by molar-refractivity contribution is 0.410. The van der Waals surface area contributed by atoms with Gasteiger partial charge in [0.2, 0.25) is 0 Å². The number of methoxy groups -OCH3 is 1. The van der Waals surface area contributed by atoms with E-state index in [1.165, 1.54) is 13.2 Å². The molecule has 1 atom stereocenters. The van der Waals surface area contributed by atoms with Crippen molar-refractivity contribution in [3.05, 3.63) is 63.4 Å². The summed E-state index contributed by atoms with van der Waals surface area (Å²) >= 11 is 3.46. The Bertz CT molecular complexity index is 601. The average Bonchev–Trinajstić information content (AvgIpc) is 2.41. The van der Waals surface area contributed by atoms with E-state index in [-0.39, 0.29) is 5.82 Å². The number of hydrogen-bond acceptors (Lipinski definition) is 2. The highest BCUT2D eigenvalue weighted by atomic mass is 79.9. The highest BCUT2D eigenvalue weighted by Crippen LogP contribution is 2.28. The summed E-state index contributed by atoms with van der Waals surface area (Å²) < 4.78 is 19.9. The van der Waals surface area contributed by atoms with Crippen LogP contribution in [0.2, 0.25) is 0 Å². The molecule has 2 N–H and O–H groups in total. The summed E-state index contributed by atoms with van der Waals surface area (Å²) in [6, 6.07) is 10.0. The Morgan fingerprint density at radius 1 is 1.21 bits per heavy atom. The molecule has 0 aliphatic heterocycles. The first-order valence-electron chi connectivity index (χ1n) is 5.88. The van der Waals surface area contributed by atoms with E-state index in [0.29, 0.717) is 11.3 Å². The minimum Gasteiger partial charge on any atom is -0.497 e. The summed E-state index contributed by atoms with van der Waals surface area (Å²) in [5.41, 5.74) is 8.56. The molecule has 0 bridgehead atoms. The number of nitrogens with two attached hydrogens (primary N) is 1. The van der Waals surface area contributed by atoms with Gasteiger partial charge in [0, 0.05) is 16.1 Å². The van der Waals surface area contributed by atoms with Gasteiger partial charge in [-0.2, -0.15) is 0 Å². The molecule has 19 heavy (non-hydrogen) atoms. The Morgan fingerprint density at radius 3 is 2.53 bits per heavy atom. The van der Waals surface area contributed by atoms with Gasteiger partial charge in [0.05, 0.1) is 13.2 Å². The number of benzene rings is 2. The number of aryl methyl sites for hydroxylation is 1. The molecular weight excluding hydrogens is 309 g/mol. The van der Waals surface area contributed by atoms with Gasteiger partial charge < -0.3 is 10.5 Å². The van der Waals surface area contributed by atoms with Gasteiger partial charge in [0.25, 0.3) is 0 Å². The Morgan fingerprint density at radius 2 is 1.95 bits per heavy atom. The molecule has 2 aromatic rings. The number of rotatable bonds is 3. The van der Waals surface area contributed by atoms with E-state index in [4.69, 9.17) is 10.5 Å². The molecule has 2 aromatic carbocycles. The SMILES string of the molecule is COc1ccc(C(N)c2ccc(C)c(Br)c2)c(F)c1. The monoisotopic (exact) mass is 323 g/mol. The van der Waals surface area contributed by atoms with E-state index >= 15 is 0 Å². The fourth-order valence-electron chi connectivity index (χ4n) is 1.87. The van der Waals surface area contributed by atoms with Gasteiger partial charge in [-0.05, 0) is 30.2 Å². The second kappa shape index (κ2) is 5.72. The lowest BCUT2D eigenvalue weighted by Gasteiger charge is -2.15. The van der Waals surface area contributed by atoms with Crippen molar-refractivity contribution in [2.75, 3.05) is 7.11 Å². The van der Waals surface area contributed by atoms with E-state index in [2.05, 4.69) is 15.9 Å². The zero-order valence-electron chi connectivity index (χ0n) is 10.8. The molecule has 2 nitrogen and oxygen atoms in total. The number of ether oxygens (including phenoxy) is 1. The second-order valence-corrected chi connectivity index (χ2v) is 5.23. The van der Waals surface area contributed by atoms with Crippen LogP contribution < -0.4 is 10.5 Å². The molecule has 0 radical (unpaired) electrons. The van der Waals surface area contributed by atoms with Gasteiger partial charge in [-0.3, -0.25) is 0 Å². The lowest BCUT2D eigenvalue weighted by Crippen LogP contribution is -2.13. The molecular formula is C15H15BrFNO. The zero-order chi connectivity index (χ0) is 14.0. The van der Waals surface area contributed by atoms with Gasteiger partial charge in [0.15, 0.2) is 0 Å². The number of halogens is 2. The summed E-state index contributed by atoms with van der Waals surface area (Å²) in [6.07, 6.45) is 0. The van der Waals surface area contributed by atoms with Crippen LogP contribution in [0.1, 0.15) is 22.7 Å². The van der Waals surface area contributed by atoms with Crippen LogP contribution in [0.25, 0.3) is 0 Å². The van der Waals surface area contributed by atoms with Crippen molar-refractivity contribution in [3.63, 3.8) is 0 Å². The summed E-state index contributed by atoms with van der Waals surface area (Å²) in [6.45, 7) is 1.99. The predicted molar refractivity (Wildman–Crippen MR) is 77.9 cm³/mol. The van der Waals surface area contributed by atoms with Crippen LogP contribution in [-0.2, 0) is 0 Å². The molecule has 0 saturated heterocycles. The highest BCUT2D eigenvalue weighted by molar-refractivity contribution is 9.10. The first-order chi connectivity index (χ1) is 9.02. The highest BCUT2D eigenvalue weighted by Gasteiger charge is 2.15. The van der Waals surface area contributed by atoms with Crippen molar-refractivity contribution in [1.29, 1.82) is 0 Å². The van der Waals surface area contributed by atoms with E-state index in [1.54, 1.807) is 12.1 Å². The fraction of sp³-hybridized carbons (Fsp3) is 0.200. The van der Waals surface area contributed by atoms with E-state index in [9.17, 15) is 4.39 Å². The van der Waals surface area contributed by atoms with Crippen LogP contribution in [-0.4, -0.2) is 7.11 Å². The maximum Gasteiger partial charge on any atom is 0.132 e. The third kappa shape index (κ3) is 2.96. The molecule has 0 spiro atoms. The van der Waals surface area contributed by atoms with Crippen LogP contribution in [0.5, 0.6) is 5.75 Å². The first kappa shape index (κ1) is 14.0. The largest absolute Gasteiger partial charge is 0.497 e. The summed E-state index contributed by atoms with van der Waals surface area (Å²) in [5, 5.41) is 0. The quantitative estimate of drug-likeness (QED) is 0.928. The topological polar surface area (TPSA) is 35.2 Å². The lowest BCUT2D eigenvalue weighted by atomic mass is 9.98. The maximum absolute atomic E-state index is 14.0. The third-order valence-corrected chi connectivity index (χ3v) is 3.95. The van der Waals surface area contributed by atoms with Crippen molar-refractivity contribution in [1.82, 2.24) is 0 Å². The molecule has 0 aliphatic rings. The first-order valence-corrected chi connectivity index (χ1v) is 6.67. The minimum atomic E-state index is -0.497. The van der Waals surface area contributed by atoms with Crippen molar-refractivity contribution in [2.24, 2.45) is 5.73 Å². The molecule has 4 heteroatoms. The Balaban J connectivity index is 2.38. The van der Waals surface area contributed by atoms with Crippen LogP contribution >= 0.6 is 15.9 Å². The van der Waals surface area contributed by atoms with E-state index in [1.807, 2.05) is 25.1 Å². The molecule has 100 valence electrons. The molecule has 0 saturated carbocycles. The molecule has 1 unspecified atom stereocenters. The van der Waals surface area contributed by atoms with Crippen LogP contribution in [0.3, 0.4) is 0 Å². The predicted octanol–water partition coefficient (Wildman–Crippen LogP) is 3.95. The van der Waals surface area contributed by atoms with Crippen molar-refractivity contribution in [2.45, 2.75) is 13.0 Å². The standard InChI is InChI=1S/C15H15BrFNO/c1-9-3-4-10(7-13(9)16)15(18)12-6-5-11(19-2)8-14(12)17/h3-8,15H,18H2,1-2H3. The summed E-state index contributed by atoms with van der Waals surface area (Å²) in [4.78, 5) is 0. The molecule has 0 aromatic heterocycles. The average molecular weight is 324 g/mol. The molecule has 0 fully saturated rings. The molecule has 0 amide bonds. The molecule has 0 heterocycles. The number of hydrogen-bond donors (Lipinski definition) is 1. The fourth-order valence-corrected chi connectivity index (χ4v) is 2.27. The van der Waals surface area contributed by atoms with Crippen LogP contribution in [0.4, 0.5) is 4.39 Å². The maximum atomic E-state index is 14.0.